The smallest absolute Gasteiger partial charge is 0.337 e. The number of halogens is 1. The third-order valence-corrected chi connectivity index (χ3v) is 4.32. The van der Waals surface area contributed by atoms with Crippen LogP contribution in [0.3, 0.4) is 0 Å². The number of fused-ring (bicyclic) bond motifs is 1. The lowest BCUT2D eigenvalue weighted by atomic mass is 10.0. The fourth-order valence-corrected chi connectivity index (χ4v) is 2.94. The highest BCUT2D eigenvalue weighted by Crippen LogP contribution is 2.33. The maximum absolute atomic E-state index is 12.3. The van der Waals surface area contributed by atoms with E-state index in [9.17, 15) is 9.59 Å². The largest absolute Gasteiger partial charge is 0.493 e. The van der Waals surface area contributed by atoms with Gasteiger partial charge in [0.15, 0.2) is 0 Å². The van der Waals surface area contributed by atoms with Crippen molar-refractivity contribution < 1.29 is 19.1 Å². The second-order valence-electron chi connectivity index (χ2n) is 5.83. The minimum Gasteiger partial charge on any atom is -0.493 e. The number of hydrogen-bond acceptors (Lipinski definition) is 4. The van der Waals surface area contributed by atoms with Gasteiger partial charge in [-0.15, -0.1) is 0 Å². The molecule has 3 rings (SSSR count). The molecular formula is C20H18ClNO4. The molecular weight excluding hydrogens is 354 g/mol. The van der Waals surface area contributed by atoms with Crippen LogP contribution in [0.1, 0.15) is 33.9 Å². The molecule has 1 aliphatic heterocycles. The number of esters is 1. The summed E-state index contributed by atoms with van der Waals surface area (Å²) in [5.41, 5.74) is 2.15. The van der Waals surface area contributed by atoms with Crippen LogP contribution in [0.15, 0.2) is 48.5 Å². The Morgan fingerprint density at radius 2 is 2.00 bits per heavy atom. The number of methoxy groups -OCH3 is 1. The molecule has 0 fully saturated rings. The molecule has 1 heterocycles. The van der Waals surface area contributed by atoms with E-state index in [-0.39, 0.29) is 11.9 Å². The Kier molecular flexibility index (Phi) is 5.58. The third-order valence-electron chi connectivity index (χ3n) is 4.09. The molecule has 0 aliphatic carbocycles. The van der Waals surface area contributed by atoms with Gasteiger partial charge in [-0.25, -0.2) is 4.79 Å². The standard InChI is InChI=1S/C20H18ClNO4/c1-25-20(24)14-5-2-13(3-6-14)4-9-19(23)22-17-10-11-26-18-8-7-15(21)12-16(17)18/h2-9,12,17H,10-11H2,1H3,(H,22,23)/b9-4+. The topological polar surface area (TPSA) is 64.6 Å². The van der Waals surface area contributed by atoms with Crippen LogP contribution in [0.2, 0.25) is 5.02 Å². The Morgan fingerprint density at radius 3 is 2.73 bits per heavy atom. The number of carbonyl (C=O) groups excluding carboxylic acids is 2. The molecule has 0 saturated carbocycles. The maximum atomic E-state index is 12.3. The summed E-state index contributed by atoms with van der Waals surface area (Å²) in [6, 6.07) is 12.1. The molecule has 2 aromatic rings. The van der Waals surface area contributed by atoms with Crippen LogP contribution in [-0.4, -0.2) is 25.6 Å². The van der Waals surface area contributed by atoms with Crippen molar-refractivity contribution in [2.45, 2.75) is 12.5 Å². The van der Waals surface area contributed by atoms with E-state index in [1.54, 1.807) is 36.4 Å². The van der Waals surface area contributed by atoms with Gasteiger partial charge in [0, 0.05) is 23.1 Å². The molecule has 0 saturated heterocycles. The van der Waals surface area contributed by atoms with Crippen molar-refractivity contribution in [1.29, 1.82) is 0 Å². The normalized spacial score (nSPS) is 15.8. The molecule has 1 N–H and O–H groups in total. The van der Waals surface area contributed by atoms with Crippen molar-refractivity contribution >= 4 is 29.6 Å². The molecule has 0 radical (unpaired) electrons. The SMILES string of the molecule is COC(=O)c1ccc(/C=C/C(=O)NC2CCOc3ccc(Cl)cc32)cc1. The summed E-state index contributed by atoms with van der Waals surface area (Å²) in [6.45, 7) is 0.540. The number of rotatable bonds is 4. The van der Waals surface area contributed by atoms with Gasteiger partial charge in [0.1, 0.15) is 5.75 Å². The summed E-state index contributed by atoms with van der Waals surface area (Å²) in [5, 5.41) is 3.58. The predicted octanol–water partition coefficient (Wildman–Crippen LogP) is 3.78. The van der Waals surface area contributed by atoms with Gasteiger partial charge in [-0.2, -0.15) is 0 Å². The summed E-state index contributed by atoms with van der Waals surface area (Å²) in [4.78, 5) is 23.7. The zero-order chi connectivity index (χ0) is 18.5. The lowest BCUT2D eigenvalue weighted by Gasteiger charge is -2.26. The van der Waals surface area contributed by atoms with Crippen LogP contribution < -0.4 is 10.1 Å². The Morgan fingerprint density at radius 1 is 1.23 bits per heavy atom. The van der Waals surface area contributed by atoms with Gasteiger partial charge in [0.2, 0.25) is 5.91 Å². The molecule has 1 amide bonds. The molecule has 26 heavy (non-hydrogen) atoms. The van der Waals surface area contributed by atoms with Crippen LogP contribution in [0.4, 0.5) is 0 Å². The molecule has 5 nitrogen and oxygen atoms in total. The van der Waals surface area contributed by atoms with E-state index in [1.165, 1.54) is 13.2 Å². The van der Waals surface area contributed by atoms with E-state index in [0.29, 0.717) is 23.6 Å². The van der Waals surface area contributed by atoms with Crippen molar-refractivity contribution in [3.63, 3.8) is 0 Å². The average molecular weight is 372 g/mol. The summed E-state index contributed by atoms with van der Waals surface area (Å²) in [6.07, 6.45) is 3.84. The van der Waals surface area contributed by atoms with Crippen LogP contribution in [0.5, 0.6) is 5.75 Å². The molecule has 0 bridgehead atoms. The monoisotopic (exact) mass is 371 g/mol. The average Bonchev–Trinajstić information content (AvgIpc) is 2.66. The summed E-state index contributed by atoms with van der Waals surface area (Å²) in [7, 11) is 1.34. The first kappa shape index (κ1) is 18.0. The van der Waals surface area contributed by atoms with Crippen molar-refractivity contribution in [3.8, 4) is 5.75 Å². The molecule has 1 aliphatic rings. The zero-order valence-electron chi connectivity index (χ0n) is 14.2. The number of carbonyl (C=O) groups is 2. The molecule has 0 aromatic heterocycles. The summed E-state index contributed by atoms with van der Waals surface area (Å²) >= 11 is 6.05. The van der Waals surface area contributed by atoms with Crippen molar-refractivity contribution in [3.05, 3.63) is 70.3 Å². The van der Waals surface area contributed by atoms with E-state index in [0.717, 1.165) is 16.9 Å². The number of amides is 1. The highest BCUT2D eigenvalue weighted by Gasteiger charge is 2.22. The quantitative estimate of drug-likeness (QED) is 0.656. The molecule has 0 spiro atoms. The number of benzene rings is 2. The van der Waals surface area contributed by atoms with E-state index in [1.807, 2.05) is 12.1 Å². The highest BCUT2D eigenvalue weighted by atomic mass is 35.5. The van der Waals surface area contributed by atoms with E-state index < -0.39 is 5.97 Å². The van der Waals surface area contributed by atoms with Crippen LogP contribution >= 0.6 is 11.6 Å². The lowest BCUT2D eigenvalue weighted by molar-refractivity contribution is -0.117. The van der Waals surface area contributed by atoms with Crippen molar-refractivity contribution in [2.75, 3.05) is 13.7 Å². The summed E-state index contributed by atoms with van der Waals surface area (Å²) in [5.74, 6) is 0.142. The van der Waals surface area contributed by atoms with E-state index in [4.69, 9.17) is 16.3 Å². The zero-order valence-corrected chi connectivity index (χ0v) is 15.0. The highest BCUT2D eigenvalue weighted by molar-refractivity contribution is 6.30. The number of hydrogen-bond donors (Lipinski definition) is 1. The van der Waals surface area contributed by atoms with Crippen molar-refractivity contribution in [2.24, 2.45) is 0 Å². The second kappa shape index (κ2) is 8.06. The molecule has 2 aromatic carbocycles. The lowest BCUT2D eigenvalue weighted by Crippen LogP contribution is -2.30. The Balaban J connectivity index is 1.65. The maximum Gasteiger partial charge on any atom is 0.337 e. The van der Waals surface area contributed by atoms with E-state index in [2.05, 4.69) is 10.1 Å². The van der Waals surface area contributed by atoms with Crippen LogP contribution in [-0.2, 0) is 9.53 Å². The van der Waals surface area contributed by atoms with Gasteiger partial charge in [-0.1, -0.05) is 23.7 Å². The number of nitrogens with one attached hydrogen (secondary N) is 1. The van der Waals surface area contributed by atoms with Crippen LogP contribution in [0.25, 0.3) is 6.08 Å². The van der Waals surface area contributed by atoms with Crippen molar-refractivity contribution in [1.82, 2.24) is 5.32 Å². The van der Waals surface area contributed by atoms with Gasteiger partial charge in [-0.05, 0) is 42.0 Å². The first-order valence-electron chi connectivity index (χ1n) is 8.16. The molecule has 1 atom stereocenters. The Labute approximate surface area is 156 Å². The Hall–Kier alpha value is -2.79. The van der Waals surface area contributed by atoms with Gasteiger partial charge in [0.05, 0.1) is 25.3 Å². The minimum atomic E-state index is -0.393. The Bertz CT molecular complexity index is 845. The van der Waals surface area contributed by atoms with Gasteiger partial charge in [-0.3, -0.25) is 4.79 Å². The van der Waals surface area contributed by atoms with Gasteiger partial charge < -0.3 is 14.8 Å². The first-order chi connectivity index (χ1) is 12.6. The molecule has 6 heteroatoms. The predicted molar refractivity (Wildman–Crippen MR) is 99.3 cm³/mol. The van der Waals surface area contributed by atoms with Crippen LogP contribution in [0, 0.1) is 0 Å². The first-order valence-corrected chi connectivity index (χ1v) is 8.54. The fourth-order valence-electron chi connectivity index (χ4n) is 2.76. The second-order valence-corrected chi connectivity index (χ2v) is 6.26. The number of ether oxygens (including phenoxy) is 2. The van der Waals surface area contributed by atoms with Gasteiger partial charge >= 0.3 is 5.97 Å². The molecule has 1 unspecified atom stereocenters. The molecule has 134 valence electrons. The summed E-state index contributed by atoms with van der Waals surface area (Å²) < 4.78 is 10.2. The van der Waals surface area contributed by atoms with E-state index >= 15 is 0 Å². The van der Waals surface area contributed by atoms with Gasteiger partial charge in [0.25, 0.3) is 0 Å². The minimum absolute atomic E-state index is 0.142. The fraction of sp³-hybridized carbons (Fsp3) is 0.200. The third kappa shape index (κ3) is 4.24.